The van der Waals surface area contributed by atoms with Crippen molar-refractivity contribution in [1.29, 1.82) is 0 Å². The molecule has 1 amide bonds. The molecule has 0 bridgehead atoms. The topological polar surface area (TPSA) is 68.1 Å². The number of hydrogen-bond donors (Lipinski definition) is 2. The normalized spacial score (nSPS) is 10.7. The molecule has 0 unspecified atom stereocenters. The molecule has 1 heterocycles. The van der Waals surface area contributed by atoms with Gasteiger partial charge in [0.1, 0.15) is 0 Å². The maximum absolute atomic E-state index is 13.0. The summed E-state index contributed by atoms with van der Waals surface area (Å²) in [4.78, 5) is 25.7. The SMILES string of the molecule is O=C(NNc1ccccc1)n1c(=O)n(Cc2ccccc2)c2ccccc21. The first kappa shape index (κ1) is 16.7. The Morgan fingerprint density at radius 2 is 1.37 bits per heavy atom. The molecule has 0 radical (unpaired) electrons. The summed E-state index contributed by atoms with van der Waals surface area (Å²) in [7, 11) is 0. The zero-order chi connectivity index (χ0) is 18.6. The maximum Gasteiger partial charge on any atom is 0.348 e. The van der Waals surface area contributed by atoms with E-state index in [0.29, 0.717) is 17.6 Å². The van der Waals surface area contributed by atoms with Crippen LogP contribution >= 0.6 is 0 Å². The minimum absolute atomic E-state index is 0.382. The molecule has 4 rings (SSSR count). The van der Waals surface area contributed by atoms with Crippen LogP contribution in [0.2, 0.25) is 0 Å². The minimum Gasteiger partial charge on any atom is -0.297 e. The number of hydrogen-bond acceptors (Lipinski definition) is 3. The van der Waals surface area contributed by atoms with Crippen LogP contribution in [0, 0.1) is 0 Å². The predicted octanol–water partition coefficient (Wildman–Crippen LogP) is 3.44. The zero-order valence-corrected chi connectivity index (χ0v) is 14.5. The van der Waals surface area contributed by atoms with Crippen LogP contribution in [0.15, 0.2) is 89.7 Å². The van der Waals surface area contributed by atoms with Crippen LogP contribution in [-0.2, 0) is 6.54 Å². The van der Waals surface area contributed by atoms with E-state index in [0.717, 1.165) is 15.8 Å². The van der Waals surface area contributed by atoms with Crippen LogP contribution in [0.4, 0.5) is 10.5 Å². The number of carbonyl (C=O) groups excluding carboxylic acids is 1. The number of imidazole rings is 1. The van der Waals surface area contributed by atoms with E-state index in [1.165, 1.54) is 0 Å². The first-order chi connectivity index (χ1) is 13.2. The molecule has 0 aliphatic rings. The molecule has 2 N–H and O–H groups in total. The van der Waals surface area contributed by atoms with Gasteiger partial charge in [0.25, 0.3) is 0 Å². The van der Waals surface area contributed by atoms with Gasteiger partial charge in [0.15, 0.2) is 0 Å². The summed E-state index contributed by atoms with van der Waals surface area (Å²) in [6.45, 7) is 0.395. The molecule has 0 fully saturated rings. The summed E-state index contributed by atoms with van der Waals surface area (Å²) in [6.07, 6.45) is 0. The van der Waals surface area contributed by atoms with Crippen LogP contribution in [0.5, 0.6) is 0 Å². The van der Waals surface area contributed by atoms with Gasteiger partial charge in [0.05, 0.1) is 23.3 Å². The van der Waals surface area contributed by atoms with Crippen molar-refractivity contribution in [2.24, 2.45) is 0 Å². The van der Waals surface area contributed by atoms with Crippen LogP contribution in [-0.4, -0.2) is 15.2 Å². The largest absolute Gasteiger partial charge is 0.348 e. The van der Waals surface area contributed by atoms with Gasteiger partial charge >= 0.3 is 11.7 Å². The number of carbonyl (C=O) groups is 1. The fourth-order valence-corrected chi connectivity index (χ4v) is 3.03. The highest BCUT2D eigenvalue weighted by Crippen LogP contribution is 2.14. The van der Waals surface area contributed by atoms with Crippen molar-refractivity contribution < 1.29 is 4.79 Å². The van der Waals surface area contributed by atoms with E-state index < -0.39 is 6.03 Å². The van der Waals surface area contributed by atoms with Crippen molar-refractivity contribution in [1.82, 2.24) is 14.6 Å². The lowest BCUT2D eigenvalue weighted by atomic mass is 10.2. The lowest BCUT2D eigenvalue weighted by molar-refractivity contribution is 0.244. The number of benzene rings is 3. The first-order valence-electron chi connectivity index (χ1n) is 8.59. The molecule has 0 aliphatic carbocycles. The number of aromatic nitrogens is 2. The van der Waals surface area contributed by atoms with Crippen LogP contribution in [0.3, 0.4) is 0 Å². The first-order valence-corrected chi connectivity index (χ1v) is 8.59. The van der Waals surface area contributed by atoms with Crippen molar-refractivity contribution in [3.8, 4) is 0 Å². The summed E-state index contributed by atoms with van der Waals surface area (Å²) in [5, 5.41) is 0. The summed E-state index contributed by atoms with van der Waals surface area (Å²) < 4.78 is 2.75. The Hall–Kier alpha value is -3.80. The molecular weight excluding hydrogens is 340 g/mol. The Labute approximate surface area is 155 Å². The van der Waals surface area contributed by atoms with Gasteiger partial charge < -0.3 is 0 Å². The van der Waals surface area contributed by atoms with Gasteiger partial charge in [-0.25, -0.2) is 14.2 Å². The molecule has 6 nitrogen and oxygen atoms in total. The Morgan fingerprint density at radius 1 is 0.778 bits per heavy atom. The summed E-state index contributed by atoms with van der Waals surface area (Å²) in [5.74, 6) is 0. The number of anilines is 1. The van der Waals surface area contributed by atoms with Gasteiger partial charge in [-0.2, -0.15) is 0 Å². The van der Waals surface area contributed by atoms with Gasteiger partial charge in [-0.1, -0.05) is 60.7 Å². The molecule has 0 saturated heterocycles. The Balaban J connectivity index is 1.69. The highest BCUT2D eigenvalue weighted by atomic mass is 16.2. The van der Waals surface area contributed by atoms with Crippen molar-refractivity contribution in [3.05, 3.63) is 101 Å². The quantitative estimate of drug-likeness (QED) is 0.549. The monoisotopic (exact) mass is 358 g/mol. The van der Waals surface area contributed by atoms with Crippen molar-refractivity contribution in [2.45, 2.75) is 6.54 Å². The molecule has 27 heavy (non-hydrogen) atoms. The number of rotatable bonds is 4. The van der Waals surface area contributed by atoms with Gasteiger partial charge in [-0.05, 0) is 29.8 Å². The Kier molecular flexibility index (Phi) is 4.45. The van der Waals surface area contributed by atoms with E-state index in [1.807, 2.05) is 78.9 Å². The maximum atomic E-state index is 13.0. The zero-order valence-electron chi connectivity index (χ0n) is 14.5. The number of para-hydroxylation sites is 3. The molecule has 0 spiro atoms. The third-order valence-electron chi connectivity index (χ3n) is 4.31. The molecule has 134 valence electrons. The van der Waals surface area contributed by atoms with Gasteiger partial charge in [0.2, 0.25) is 0 Å². The van der Waals surface area contributed by atoms with Gasteiger partial charge in [-0.15, -0.1) is 0 Å². The molecule has 4 aromatic rings. The number of amides is 1. The van der Waals surface area contributed by atoms with Gasteiger partial charge in [0, 0.05) is 0 Å². The van der Waals surface area contributed by atoms with Gasteiger partial charge in [-0.3, -0.25) is 15.4 Å². The molecular formula is C21H18N4O2. The lowest BCUT2D eigenvalue weighted by Crippen LogP contribution is -2.39. The minimum atomic E-state index is -0.535. The van der Waals surface area contributed by atoms with Crippen LogP contribution in [0.25, 0.3) is 11.0 Å². The lowest BCUT2D eigenvalue weighted by Gasteiger charge is -2.08. The van der Waals surface area contributed by atoms with E-state index >= 15 is 0 Å². The summed E-state index contributed by atoms with van der Waals surface area (Å²) in [6, 6.07) is 25.7. The second-order valence-electron chi connectivity index (χ2n) is 6.10. The molecule has 1 aromatic heterocycles. The standard InChI is InChI=1S/C21H18N4O2/c26-20(23-22-17-11-5-2-6-12-17)25-19-14-8-7-13-18(19)24(21(25)27)15-16-9-3-1-4-10-16/h1-14,22H,15H2,(H,23,26). The van der Waals surface area contributed by atoms with Crippen LogP contribution < -0.4 is 16.5 Å². The number of nitrogens with one attached hydrogen (secondary N) is 2. The Bertz CT molecular complexity index is 1130. The highest BCUT2D eigenvalue weighted by molar-refractivity contribution is 5.90. The molecule has 0 atom stereocenters. The predicted molar refractivity (Wildman–Crippen MR) is 106 cm³/mol. The average molecular weight is 358 g/mol. The summed E-state index contributed by atoms with van der Waals surface area (Å²) in [5.41, 5.74) is 8.02. The third kappa shape index (κ3) is 3.32. The highest BCUT2D eigenvalue weighted by Gasteiger charge is 2.18. The van der Waals surface area contributed by atoms with E-state index in [2.05, 4.69) is 10.9 Å². The molecule has 6 heteroatoms. The number of nitrogens with zero attached hydrogens (tertiary/aromatic N) is 2. The molecule has 0 saturated carbocycles. The third-order valence-corrected chi connectivity index (χ3v) is 4.31. The second kappa shape index (κ2) is 7.21. The van der Waals surface area contributed by atoms with E-state index in [-0.39, 0.29) is 5.69 Å². The number of fused-ring (bicyclic) bond motifs is 1. The van der Waals surface area contributed by atoms with E-state index in [1.54, 1.807) is 10.6 Å². The van der Waals surface area contributed by atoms with E-state index in [4.69, 9.17) is 0 Å². The van der Waals surface area contributed by atoms with Crippen LogP contribution in [0.1, 0.15) is 5.56 Å². The number of hydrazine groups is 1. The second-order valence-corrected chi connectivity index (χ2v) is 6.10. The van der Waals surface area contributed by atoms with Crippen molar-refractivity contribution >= 4 is 22.8 Å². The van der Waals surface area contributed by atoms with Crippen molar-refractivity contribution in [3.63, 3.8) is 0 Å². The molecule has 0 aliphatic heterocycles. The fraction of sp³-hybridized carbons (Fsp3) is 0.0476. The fourth-order valence-electron chi connectivity index (χ4n) is 3.03. The van der Waals surface area contributed by atoms with E-state index in [9.17, 15) is 9.59 Å². The van der Waals surface area contributed by atoms with Crippen molar-refractivity contribution in [2.75, 3.05) is 5.43 Å². The molecule has 3 aromatic carbocycles. The summed E-state index contributed by atoms with van der Waals surface area (Å²) >= 11 is 0. The Morgan fingerprint density at radius 3 is 2.07 bits per heavy atom. The smallest absolute Gasteiger partial charge is 0.297 e. The average Bonchev–Trinajstić information content (AvgIpc) is 2.99.